The van der Waals surface area contributed by atoms with Gasteiger partial charge in [-0.25, -0.2) is 63.3 Å². The van der Waals surface area contributed by atoms with Crippen LogP contribution in [0.2, 0.25) is 20.1 Å². The molecule has 0 aliphatic carbocycles. The number of anilines is 1. The number of piperidine rings is 2. The van der Waals surface area contributed by atoms with Crippen LogP contribution in [0.4, 0.5) is 14.6 Å². The molecule has 3 aliphatic heterocycles. The Hall–Kier alpha value is -14.3. The summed E-state index contributed by atoms with van der Waals surface area (Å²) < 4.78 is 29.9. The van der Waals surface area contributed by atoms with E-state index in [2.05, 4.69) is 116 Å². The van der Waals surface area contributed by atoms with Gasteiger partial charge in [-0.05, 0) is 210 Å². The van der Waals surface area contributed by atoms with E-state index in [1.165, 1.54) is 48.9 Å². The third-order valence-electron chi connectivity index (χ3n) is 23.0. The Morgan fingerprint density at radius 2 is 0.708 bits per heavy atom. The average molecular weight is 1920 g/mol. The van der Waals surface area contributed by atoms with Crippen LogP contribution in [0.5, 0.6) is 0 Å². The molecule has 6 aromatic carbocycles. The zero-order valence-corrected chi connectivity index (χ0v) is 77.2. The first-order valence-electron chi connectivity index (χ1n) is 44.5. The standard InChI is InChI=1S/C19H20ClN5O.C18H18ClN5.C18H18FN5.C15H14ClN5.C15H13ClN4O.C15H14FN5/c20-15-3-1-14(2-4-15)18-17(13-5-8-22-9-6-13)19-24(10-7-21)11-16(26)12-25(19)23-18;2*19-14-3-1-12(2-4-14)17-16(15-7-10-21-11-22-15)18(24-23-17)13-5-8-20-9-6-13;16-11-3-1-10(2-4-11)15-14(12-6-8-18-9-19-12)13(5-7-17)20-21-15;16-12-3-1-11(2-4-12)15-13(9-20(19-15)7-8-21)14-5-6-17-10-18-14;16-11-3-1-10(2-4-11)15-14(12-6-8-18-9-19-12)13(5-7-17)20-21-15/h1-6,8-9,16,26H,7,10-12,21H2;2*1-4,7,10-11,13,20H,5-6,8-9H2,(H,23,24);1-4,6,8-9H,5,7,17H2,(H,20,21);1-6,9-10,21H,7-8H2;1-4,6,8-9H,5,7,17H2,(H,20,21). The van der Waals surface area contributed by atoms with Crippen LogP contribution >= 0.6 is 46.4 Å². The third kappa shape index (κ3) is 24.0. The Morgan fingerprint density at radius 3 is 1.08 bits per heavy atom. The number of fused-ring (bicyclic) bond motifs is 1. The number of halogens is 6. The lowest BCUT2D eigenvalue weighted by atomic mass is 9.89. The minimum absolute atomic E-state index is 0.0327. The summed E-state index contributed by atoms with van der Waals surface area (Å²) in [4.78, 5) is 47.9. The summed E-state index contributed by atoms with van der Waals surface area (Å²) in [5.41, 5.74) is 42.9. The first-order valence-corrected chi connectivity index (χ1v) is 46.0. The molecule has 31 nitrogen and oxygen atoms in total. The van der Waals surface area contributed by atoms with Crippen LogP contribution in [0.1, 0.15) is 60.3 Å². The van der Waals surface area contributed by atoms with Gasteiger partial charge in [0.05, 0.1) is 59.8 Å². The van der Waals surface area contributed by atoms with Crippen LogP contribution in [0, 0.1) is 11.6 Å². The maximum absolute atomic E-state index is 13.3. The molecule has 137 heavy (non-hydrogen) atoms. The van der Waals surface area contributed by atoms with Gasteiger partial charge in [0.2, 0.25) is 0 Å². The van der Waals surface area contributed by atoms with Crippen molar-refractivity contribution in [3.8, 4) is 135 Å². The summed E-state index contributed by atoms with van der Waals surface area (Å²) >= 11 is 24.0. The van der Waals surface area contributed by atoms with Crippen molar-refractivity contribution in [2.24, 2.45) is 17.2 Å². The highest BCUT2D eigenvalue weighted by atomic mass is 35.5. The van der Waals surface area contributed by atoms with Crippen LogP contribution < -0.4 is 32.7 Å². The lowest BCUT2D eigenvalue weighted by molar-refractivity contribution is 0.144. The fourth-order valence-electron chi connectivity index (χ4n) is 16.6. The highest BCUT2D eigenvalue weighted by Gasteiger charge is 2.33. The Bertz CT molecular complexity index is 6480. The SMILES string of the molecule is Clc1ccc(-c2n[nH]c(C3CCNCC3)c2-c2ccncn2)cc1.Fc1ccc(-c2n[nH]c(C3CCNCC3)c2-c2ccncn2)cc1.NCCN1CC(O)Cn2nc(-c3ccc(Cl)cc3)c(-c3ccncc3)c21.NCCc1[nH]nc(-c2ccc(Cl)cc2)c1-c1ccncn1.NCCc1[nH]nc(-c2ccc(F)cc2)c1-c1ccncn1.OCCn1cc(-c2ccncn2)c(-c2ccc(Cl)cc2)n1. The van der Waals surface area contributed by atoms with Gasteiger partial charge in [0.1, 0.15) is 83.3 Å². The summed E-state index contributed by atoms with van der Waals surface area (Å²) in [6.45, 7) is 7.73. The third-order valence-corrected chi connectivity index (χ3v) is 24.0. The number of aliphatic hydroxyl groups excluding tert-OH is 2. The molecule has 2 saturated heterocycles. The molecular weight excluding hydrogens is 1820 g/mol. The second kappa shape index (κ2) is 47.2. The molecular formula is C100H97Cl4F2N29O2. The zero-order chi connectivity index (χ0) is 94.8. The molecule has 37 heteroatoms. The number of rotatable bonds is 22. The maximum atomic E-state index is 13.3. The number of hydrogen-bond acceptors (Lipinski definition) is 25. The average Bonchev–Trinajstić information content (AvgIpc) is 1.60. The van der Waals surface area contributed by atoms with E-state index in [1.54, 1.807) is 85.0 Å². The van der Waals surface area contributed by atoms with Gasteiger partial charge >= 0.3 is 0 Å². The maximum Gasteiger partial charge on any atom is 0.135 e. The number of hydrogen-bond donors (Lipinski definition) is 11. The summed E-state index contributed by atoms with van der Waals surface area (Å²) in [7, 11) is 0. The topological polar surface area (TPSA) is 438 Å². The van der Waals surface area contributed by atoms with Crippen molar-refractivity contribution >= 4 is 52.2 Å². The number of pyridine rings is 1. The molecule has 1 unspecified atom stereocenters. The van der Waals surface area contributed by atoms with Crippen LogP contribution in [-0.2, 0) is 25.9 Å². The number of aliphatic hydroxyl groups is 2. The van der Waals surface area contributed by atoms with E-state index in [0.29, 0.717) is 85.6 Å². The molecule has 12 aromatic heterocycles. The van der Waals surface area contributed by atoms with E-state index in [4.69, 9.17) is 73.8 Å². The highest BCUT2D eigenvalue weighted by Crippen LogP contribution is 2.45. The van der Waals surface area contributed by atoms with E-state index in [9.17, 15) is 13.9 Å². The van der Waals surface area contributed by atoms with Crippen LogP contribution in [0.3, 0.4) is 0 Å². The first-order chi connectivity index (χ1) is 67.2. The van der Waals surface area contributed by atoms with Gasteiger partial charge in [0.15, 0.2) is 0 Å². The molecule has 18 aromatic rings. The highest BCUT2D eigenvalue weighted by molar-refractivity contribution is 6.31. The van der Waals surface area contributed by atoms with Crippen molar-refractivity contribution in [1.29, 1.82) is 0 Å². The predicted octanol–water partition coefficient (Wildman–Crippen LogP) is 16.7. The van der Waals surface area contributed by atoms with Gasteiger partial charge in [-0.15, -0.1) is 0 Å². The number of β-amino-alcohol motifs (C(OH)–C–C–N with tert-alkyl or cyclic N) is 1. The molecule has 0 bridgehead atoms. The van der Waals surface area contributed by atoms with Gasteiger partial charge in [-0.3, -0.25) is 30.1 Å². The summed E-state index contributed by atoms with van der Waals surface area (Å²) in [6.07, 6.45) is 26.9. The molecule has 0 spiro atoms. The fraction of sp³-hybridized carbons (Fsp3) is 0.210. The number of benzene rings is 6. The lowest BCUT2D eigenvalue weighted by Crippen LogP contribution is -2.43. The minimum Gasteiger partial charge on any atom is -0.394 e. The van der Waals surface area contributed by atoms with Crippen molar-refractivity contribution in [3.05, 3.63) is 324 Å². The van der Waals surface area contributed by atoms with Crippen LogP contribution in [0.25, 0.3) is 135 Å². The number of aromatic amines is 4. The molecule has 0 saturated carbocycles. The Labute approximate surface area is 807 Å². The molecule has 696 valence electrons. The second-order valence-corrected chi connectivity index (χ2v) is 33.7. The van der Waals surface area contributed by atoms with Gasteiger partial charge in [-0.1, -0.05) is 94.9 Å². The second-order valence-electron chi connectivity index (χ2n) is 31.9. The normalized spacial score (nSPS) is 13.5. The first kappa shape index (κ1) is 95.8. The van der Waals surface area contributed by atoms with Gasteiger partial charge in [0, 0.05) is 198 Å². The smallest absolute Gasteiger partial charge is 0.135 e. The molecule has 2 fully saturated rings. The Kier molecular flexibility index (Phi) is 33.0. The molecule has 1 atom stereocenters. The largest absolute Gasteiger partial charge is 0.394 e. The van der Waals surface area contributed by atoms with Gasteiger partial charge < -0.3 is 42.9 Å². The minimum atomic E-state index is -0.475. The predicted molar refractivity (Wildman–Crippen MR) is 529 cm³/mol. The summed E-state index contributed by atoms with van der Waals surface area (Å²) in [5.74, 6) is 1.33. The van der Waals surface area contributed by atoms with Gasteiger partial charge in [-0.2, -0.15) is 30.6 Å². The molecule has 3 aliphatic rings. The Balaban J connectivity index is 0.000000119. The number of nitrogens with two attached hydrogens (primary N) is 3. The van der Waals surface area contributed by atoms with Crippen molar-refractivity contribution < 1.29 is 19.0 Å². The number of nitrogens with zero attached hydrogens (tertiary/aromatic N) is 20. The Morgan fingerprint density at radius 1 is 0.358 bits per heavy atom. The summed E-state index contributed by atoms with van der Waals surface area (Å²) in [5, 5.41) is 68.8. The van der Waals surface area contributed by atoms with E-state index < -0.39 is 6.10 Å². The molecule has 0 amide bonds. The van der Waals surface area contributed by atoms with E-state index in [0.717, 1.165) is 215 Å². The van der Waals surface area contributed by atoms with E-state index in [1.807, 2.05) is 150 Å². The summed E-state index contributed by atoms with van der Waals surface area (Å²) in [6, 6.07) is 56.4. The molecule has 14 N–H and O–H groups in total. The van der Waals surface area contributed by atoms with Gasteiger partial charge in [0.25, 0.3) is 0 Å². The number of nitrogens with one attached hydrogen (secondary N) is 6. The van der Waals surface area contributed by atoms with Crippen molar-refractivity contribution in [1.82, 2.24) is 126 Å². The quantitative estimate of drug-likeness (QED) is 0.0300. The molecule has 21 rings (SSSR count). The fourth-order valence-corrected chi connectivity index (χ4v) is 17.1. The molecule has 0 radical (unpaired) electrons. The zero-order valence-electron chi connectivity index (χ0n) is 74.2. The molecule has 15 heterocycles. The van der Waals surface area contributed by atoms with Crippen molar-refractivity contribution in [3.63, 3.8) is 0 Å². The van der Waals surface area contributed by atoms with Crippen molar-refractivity contribution in [2.45, 2.75) is 69.6 Å². The van der Waals surface area contributed by atoms with Crippen molar-refractivity contribution in [2.75, 3.05) is 70.4 Å². The monoisotopic (exact) mass is 1910 g/mol. The number of H-pyrrole nitrogens is 4. The van der Waals surface area contributed by atoms with Crippen LogP contribution in [0.15, 0.2) is 269 Å². The van der Waals surface area contributed by atoms with E-state index >= 15 is 0 Å². The van der Waals surface area contributed by atoms with E-state index in [-0.39, 0.29) is 18.2 Å². The lowest BCUT2D eigenvalue weighted by Gasteiger charge is -2.33. The van der Waals surface area contributed by atoms with Crippen LogP contribution in [-0.4, -0.2) is 197 Å². The number of aromatic nitrogens is 23.